The number of rotatable bonds is 6. The summed E-state index contributed by atoms with van der Waals surface area (Å²) in [6.07, 6.45) is 1.07. The number of amides is 1. The van der Waals surface area contributed by atoms with Crippen LogP contribution < -0.4 is 26.4 Å². The van der Waals surface area contributed by atoms with Crippen molar-refractivity contribution < 1.29 is 4.79 Å². The van der Waals surface area contributed by atoms with Crippen LogP contribution >= 0.6 is 12.2 Å². The molecule has 2 aliphatic heterocycles. The zero-order valence-electron chi connectivity index (χ0n) is 23.0. The highest BCUT2D eigenvalue weighted by atomic mass is 32.1. The number of carbonyl (C=O) groups excluding carboxylic acids is 1. The van der Waals surface area contributed by atoms with Crippen molar-refractivity contribution in [2.75, 3.05) is 28.6 Å². The number of piperidine rings is 1. The van der Waals surface area contributed by atoms with E-state index >= 15 is 0 Å². The van der Waals surface area contributed by atoms with E-state index in [0.29, 0.717) is 23.1 Å². The van der Waals surface area contributed by atoms with E-state index in [1.54, 1.807) is 6.07 Å². The first kappa shape index (κ1) is 26.8. The second kappa shape index (κ2) is 11.6. The van der Waals surface area contributed by atoms with Crippen LogP contribution in [0.1, 0.15) is 39.5 Å². The zero-order valence-corrected chi connectivity index (χ0v) is 23.8. The molecule has 0 aliphatic carbocycles. The Hall–Kier alpha value is -4.43. The smallest absolute Gasteiger partial charge is 0.251 e. The molecule has 2 unspecified atom stereocenters. The Morgan fingerprint density at radius 2 is 1.71 bits per heavy atom. The normalized spacial score (nSPS) is 17.3. The highest BCUT2D eigenvalue weighted by Gasteiger charge is 2.35. The Kier molecular flexibility index (Phi) is 7.57. The Labute approximate surface area is 245 Å². The summed E-state index contributed by atoms with van der Waals surface area (Å²) in [6.45, 7) is 4.82. The van der Waals surface area contributed by atoms with Crippen LogP contribution in [0.4, 0.5) is 17.1 Å². The summed E-state index contributed by atoms with van der Waals surface area (Å²) >= 11 is 5.70. The molecule has 208 valence electrons. The molecule has 1 fully saturated rings. The fourth-order valence-electron chi connectivity index (χ4n) is 5.95. The quantitative estimate of drug-likeness (QED) is 0.268. The van der Waals surface area contributed by atoms with Crippen molar-refractivity contribution in [3.8, 4) is 0 Å². The molecule has 7 nitrogen and oxygen atoms in total. The first-order valence-electron chi connectivity index (χ1n) is 14.0. The number of nitrogens with zero attached hydrogens (tertiary/aromatic N) is 2. The third-order valence-corrected chi connectivity index (χ3v) is 8.14. The predicted octanol–water partition coefficient (Wildman–Crippen LogP) is 5.52. The minimum Gasteiger partial charge on any atom is -0.369 e. The Balaban J connectivity index is 1.26. The molecule has 3 aromatic carbocycles. The number of anilines is 3. The molecule has 3 heterocycles. The number of aromatic nitrogens is 1. The number of fused-ring (bicyclic) bond motifs is 4. The van der Waals surface area contributed by atoms with Gasteiger partial charge in [-0.25, -0.2) is 0 Å². The number of thiocarbonyl (C=S) groups is 1. The lowest BCUT2D eigenvalue weighted by Crippen LogP contribution is -2.47. The van der Waals surface area contributed by atoms with Gasteiger partial charge in [-0.05, 0) is 73.4 Å². The molecule has 41 heavy (non-hydrogen) atoms. The molecule has 2 aliphatic rings. The van der Waals surface area contributed by atoms with Gasteiger partial charge in [-0.2, -0.15) is 0 Å². The van der Waals surface area contributed by atoms with Gasteiger partial charge >= 0.3 is 0 Å². The highest BCUT2D eigenvalue weighted by molar-refractivity contribution is 7.80. The first-order valence-corrected chi connectivity index (χ1v) is 14.4. The Bertz CT molecular complexity index is 1630. The Morgan fingerprint density at radius 3 is 2.51 bits per heavy atom. The van der Waals surface area contributed by atoms with Gasteiger partial charge in [-0.15, -0.1) is 0 Å². The minimum atomic E-state index is -0.148. The van der Waals surface area contributed by atoms with Crippen LogP contribution in [-0.4, -0.2) is 28.7 Å². The summed E-state index contributed by atoms with van der Waals surface area (Å²) in [5, 5.41) is 10.1. The van der Waals surface area contributed by atoms with Gasteiger partial charge in [0.2, 0.25) is 0 Å². The summed E-state index contributed by atoms with van der Waals surface area (Å²) in [5.41, 5.74) is 6.59. The molecule has 1 saturated heterocycles. The summed E-state index contributed by atoms with van der Waals surface area (Å²) in [6, 6.07) is 29.2. The van der Waals surface area contributed by atoms with Crippen LogP contribution in [0.5, 0.6) is 0 Å². The highest BCUT2D eigenvalue weighted by Crippen LogP contribution is 2.39. The summed E-state index contributed by atoms with van der Waals surface area (Å²) in [5.74, 6) is 0.473. The third-order valence-electron chi connectivity index (χ3n) is 7.93. The molecule has 0 saturated carbocycles. The molecule has 2 bridgehead atoms. The fourth-order valence-corrected chi connectivity index (χ4v) is 6.18. The monoisotopic (exact) mass is 563 g/mol. The van der Waals surface area contributed by atoms with E-state index in [1.165, 1.54) is 5.56 Å². The van der Waals surface area contributed by atoms with Crippen molar-refractivity contribution in [1.29, 1.82) is 0 Å². The van der Waals surface area contributed by atoms with Gasteiger partial charge in [0.05, 0.1) is 11.4 Å². The number of pyridine rings is 1. The van der Waals surface area contributed by atoms with Crippen molar-refractivity contribution >= 4 is 40.3 Å². The molecule has 3 N–H and O–H groups in total. The van der Waals surface area contributed by atoms with E-state index in [0.717, 1.165) is 54.4 Å². The maximum absolute atomic E-state index is 13.2. The SMILES string of the molecule is Cc1ccc(NC(=S)Nc2cc(C(=O)NCc3ccccc3)ccc2N2CC3CC(C2)c2cccc(=O)n2C3)cc1. The predicted molar refractivity (Wildman–Crippen MR) is 169 cm³/mol. The lowest BCUT2D eigenvalue weighted by molar-refractivity contribution is 0.0951. The summed E-state index contributed by atoms with van der Waals surface area (Å²) in [4.78, 5) is 28.0. The lowest BCUT2D eigenvalue weighted by atomic mass is 9.83. The van der Waals surface area contributed by atoms with Crippen LogP contribution in [0.3, 0.4) is 0 Å². The molecule has 1 amide bonds. The molecular weight excluding hydrogens is 530 g/mol. The molecule has 2 atom stereocenters. The van der Waals surface area contributed by atoms with Gasteiger partial charge in [-0.3, -0.25) is 9.59 Å². The van der Waals surface area contributed by atoms with Crippen LogP contribution in [0, 0.1) is 12.8 Å². The van der Waals surface area contributed by atoms with Crippen molar-refractivity contribution in [3.63, 3.8) is 0 Å². The van der Waals surface area contributed by atoms with E-state index in [-0.39, 0.29) is 17.4 Å². The van der Waals surface area contributed by atoms with Crippen molar-refractivity contribution in [2.24, 2.45) is 5.92 Å². The van der Waals surface area contributed by atoms with Crippen LogP contribution in [-0.2, 0) is 13.1 Å². The van der Waals surface area contributed by atoms with Gasteiger partial charge in [0.15, 0.2) is 5.11 Å². The van der Waals surface area contributed by atoms with Crippen LogP contribution in [0.2, 0.25) is 0 Å². The minimum absolute atomic E-state index is 0.0754. The number of hydrogen-bond donors (Lipinski definition) is 3. The van der Waals surface area contributed by atoms with Gasteiger partial charge in [0.25, 0.3) is 11.5 Å². The van der Waals surface area contributed by atoms with E-state index in [2.05, 4.69) is 26.9 Å². The van der Waals surface area contributed by atoms with Crippen LogP contribution in [0.15, 0.2) is 95.8 Å². The van der Waals surface area contributed by atoms with E-state index in [9.17, 15) is 9.59 Å². The molecule has 1 aromatic heterocycles. The molecule has 4 aromatic rings. The number of nitrogens with one attached hydrogen (secondary N) is 3. The summed E-state index contributed by atoms with van der Waals surface area (Å²) in [7, 11) is 0. The molecular formula is C33H33N5O2S. The van der Waals surface area contributed by atoms with Crippen molar-refractivity contribution in [2.45, 2.75) is 32.4 Å². The Morgan fingerprint density at radius 1 is 0.902 bits per heavy atom. The maximum Gasteiger partial charge on any atom is 0.251 e. The molecule has 0 spiro atoms. The average molecular weight is 564 g/mol. The molecule has 0 radical (unpaired) electrons. The first-order chi connectivity index (χ1) is 19.9. The van der Waals surface area contributed by atoms with E-state index < -0.39 is 0 Å². The van der Waals surface area contributed by atoms with Gasteiger partial charge in [0.1, 0.15) is 0 Å². The largest absolute Gasteiger partial charge is 0.369 e. The zero-order chi connectivity index (χ0) is 28.3. The van der Waals surface area contributed by atoms with E-state index in [1.807, 2.05) is 90.4 Å². The number of hydrogen-bond acceptors (Lipinski definition) is 4. The fraction of sp³-hybridized carbons (Fsp3) is 0.242. The molecule has 8 heteroatoms. The number of aryl methyl sites for hydroxylation is 1. The topological polar surface area (TPSA) is 78.4 Å². The second-order valence-corrected chi connectivity index (χ2v) is 11.4. The second-order valence-electron chi connectivity index (χ2n) is 10.9. The van der Waals surface area contributed by atoms with Gasteiger partial charge < -0.3 is 25.4 Å². The third kappa shape index (κ3) is 6.02. The number of benzene rings is 3. The van der Waals surface area contributed by atoms with Crippen LogP contribution in [0.25, 0.3) is 0 Å². The van der Waals surface area contributed by atoms with Gasteiger partial charge in [0, 0.05) is 55.1 Å². The van der Waals surface area contributed by atoms with E-state index in [4.69, 9.17) is 12.2 Å². The summed E-state index contributed by atoms with van der Waals surface area (Å²) < 4.78 is 1.94. The lowest BCUT2D eigenvalue weighted by Gasteiger charge is -2.44. The standard InChI is InChI=1S/C33H33N5O2S/c1-22-10-13-27(14-11-22)35-33(41)36-28-17-25(32(40)34-18-23-6-3-2-4-7-23)12-15-30(28)37-19-24-16-26(21-37)29-8-5-9-31(39)38(29)20-24/h2-15,17,24,26H,16,18-21H2,1H3,(H,34,40)(H2,35,36,41). The maximum atomic E-state index is 13.2. The molecule has 6 rings (SSSR count). The van der Waals surface area contributed by atoms with Crippen molar-refractivity contribution in [3.05, 3.63) is 124 Å². The number of carbonyl (C=O) groups is 1. The average Bonchev–Trinajstić information content (AvgIpc) is 2.98. The van der Waals surface area contributed by atoms with Crippen molar-refractivity contribution in [1.82, 2.24) is 9.88 Å². The van der Waals surface area contributed by atoms with Gasteiger partial charge in [-0.1, -0.05) is 54.1 Å².